The Morgan fingerprint density at radius 2 is 2.00 bits per heavy atom. The number of nitrogens with one attached hydrogen (secondary N) is 1. The van der Waals surface area contributed by atoms with Crippen LogP contribution in [0.2, 0.25) is 0 Å². The maximum atomic E-state index is 9.41. The van der Waals surface area contributed by atoms with Crippen molar-refractivity contribution in [2.75, 3.05) is 18.7 Å². The molecule has 1 aliphatic heterocycles. The lowest BCUT2D eigenvalue weighted by Crippen LogP contribution is -2.37. The summed E-state index contributed by atoms with van der Waals surface area (Å²) in [6, 6.07) is 8.61. The van der Waals surface area contributed by atoms with Gasteiger partial charge in [0.15, 0.2) is 5.82 Å². The maximum absolute atomic E-state index is 9.41. The van der Waals surface area contributed by atoms with E-state index in [2.05, 4.69) is 78.9 Å². The highest BCUT2D eigenvalue weighted by molar-refractivity contribution is 5.89. The summed E-state index contributed by atoms with van der Waals surface area (Å²) in [5.74, 6) is 2.12. The summed E-state index contributed by atoms with van der Waals surface area (Å²) in [7, 11) is 1.87. The van der Waals surface area contributed by atoms with Gasteiger partial charge in [-0.3, -0.25) is 0 Å². The van der Waals surface area contributed by atoms with Crippen LogP contribution in [0.4, 0.5) is 5.82 Å². The average Bonchev–Trinajstić information content (AvgIpc) is 2.87. The molecule has 1 aromatic carbocycles. The van der Waals surface area contributed by atoms with Crippen LogP contribution in [-0.4, -0.2) is 34.9 Å². The van der Waals surface area contributed by atoms with E-state index in [9.17, 15) is 5.11 Å². The third kappa shape index (κ3) is 4.82. The fraction of sp³-hybridized carbons (Fsp3) is 0.370. The second kappa shape index (κ2) is 10.7. The minimum absolute atomic E-state index is 0.171. The molecule has 2 unspecified atom stereocenters. The van der Waals surface area contributed by atoms with Crippen molar-refractivity contribution in [3.8, 4) is 11.3 Å². The molecule has 0 spiro atoms. The van der Waals surface area contributed by atoms with Crippen LogP contribution in [0.5, 0.6) is 0 Å². The van der Waals surface area contributed by atoms with Gasteiger partial charge in [0.1, 0.15) is 11.5 Å². The minimum Gasteiger partial charge on any atom is -0.396 e. The van der Waals surface area contributed by atoms with Crippen molar-refractivity contribution in [3.63, 3.8) is 0 Å². The molecule has 172 valence electrons. The summed E-state index contributed by atoms with van der Waals surface area (Å²) < 4.78 is 0. The molecule has 2 heterocycles. The predicted molar refractivity (Wildman–Crippen MR) is 135 cm³/mol. The Morgan fingerprint density at radius 3 is 2.64 bits per heavy atom. The third-order valence-corrected chi connectivity index (χ3v) is 6.26. The summed E-state index contributed by atoms with van der Waals surface area (Å²) >= 11 is 0. The first kappa shape index (κ1) is 23.1. The van der Waals surface area contributed by atoms with Crippen molar-refractivity contribution in [2.45, 2.75) is 51.4 Å². The topological polar surface area (TPSA) is 73.6 Å². The van der Waals surface area contributed by atoms with Crippen molar-refractivity contribution in [3.05, 3.63) is 77.4 Å². The van der Waals surface area contributed by atoms with Crippen molar-refractivity contribution >= 4 is 12.0 Å². The van der Waals surface area contributed by atoms with Crippen LogP contribution >= 0.6 is 0 Å². The van der Waals surface area contributed by atoms with Crippen LogP contribution in [0.25, 0.3) is 11.3 Å². The van der Waals surface area contributed by atoms with Crippen LogP contribution < -0.4 is 10.4 Å². The Balaban J connectivity index is 1.81. The Kier molecular flexibility index (Phi) is 7.47. The summed E-state index contributed by atoms with van der Waals surface area (Å²) in [5, 5.41) is 11.3. The lowest BCUT2D eigenvalue weighted by Gasteiger charge is -2.28. The molecular formula is C27H33N5O. The van der Waals surface area contributed by atoms with Crippen LogP contribution in [0, 0.1) is 0 Å². The van der Waals surface area contributed by atoms with Crippen molar-refractivity contribution in [2.24, 2.45) is 4.99 Å². The average molecular weight is 444 g/mol. The fourth-order valence-corrected chi connectivity index (χ4v) is 4.47. The van der Waals surface area contributed by atoms with Gasteiger partial charge in [-0.25, -0.2) is 25.4 Å². The highest BCUT2D eigenvalue weighted by Gasteiger charge is 2.26. The first-order valence-corrected chi connectivity index (χ1v) is 11.9. The number of hydrogen-bond acceptors (Lipinski definition) is 6. The van der Waals surface area contributed by atoms with Crippen molar-refractivity contribution < 1.29 is 5.11 Å². The quantitative estimate of drug-likeness (QED) is 0.583. The number of aliphatic imine (C=N–C) groups is 1. The number of hydrazine groups is 1. The molecule has 0 bridgehead atoms. The molecule has 4 rings (SSSR count). The van der Waals surface area contributed by atoms with E-state index in [0.717, 1.165) is 60.0 Å². The fourth-order valence-electron chi connectivity index (χ4n) is 4.47. The lowest BCUT2D eigenvalue weighted by atomic mass is 9.90. The highest BCUT2D eigenvalue weighted by atomic mass is 16.3. The normalized spacial score (nSPS) is 19.2. The lowest BCUT2D eigenvalue weighted by molar-refractivity contribution is 0.274. The minimum atomic E-state index is 0.171. The number of aliphatic hydroxyl groups is 1. The van der Waals surface area contributed by atoms with Crippen LogP contribution in [0.1, 0.15) is 68.3 Å². The second-order valence-corrected chi connectivity index (χ2v) is 8.35. The highest BCUT2D eigenvalue weighted by Crippen LogP contribution is 2.36. The van der Waals surface area contributed by atoms with Gasteiger partial charge in [0.2, 0.25) is 0 Å². The second-order valence-electron chi connectivity index (χ2n) is 8.35. The molecule has 0 saturated carbocycles. The van der Waals surface area contributed by atoms with Crippen LogP contribution in [-0.2, 0) is 0 Å². The van der Waals surface area contributed by atoms with E-state index in [4.69, 9.17) is 9.97 Å². The molecule has 0 amide bonds. The molecule has 1 aliphatic carbocycles. The molecule has 2 aromatic rings. The maximum Gasteiger partial charge on any atom is 0.177 e. The summed E-state index contributed by atoms with van der Waals surface area (Å²) in [6.45, 7) is 4.47. The van der Waals surface area contributed by atoms with Gasteiger partial charge in [-0.2, -0.15) is 0 Å². The molecule has 1 aromatic heterocycles. The number of aliphatic hydroxyl groups excluding tert-OH is 1. The molecule has 33 heavy (non-hydrogen) atoms. The number of benzene rings is 1. The summed E-state index contributed by atoms with van der Waals surface area (Å²) in [4.78, 5) is 14.8. The molecule has 6 heteroatoms. The zero-order valence-electron chi connectivity index (χ0n) is 19.7. The Hall–Kier alpha value is -3.09. The van der Waals surface area contributed by atoms with Gasteiger partial charge in [0.25, 0.3) is 0 Å². The van der Waals surface area contributed by atoms with Crippen molar-refractivity contribution in [1.29, 1.82) is 0 Å². The van der Waals surface area contributed by atoms with E-state index in [0.29, 0.717) is 5.92 Å². The predicted octanol–water partition coefficient (Wildman–Crippen LogP) is 5.24. The molecule has 0 radical (unpaired) electrons. The Morgan fingerprint density at radius 1 is 1.18 bits per heavy atom. The number of hydrogen-bond donors (Lipinski definition) is 2. The first-order valence-electron chi connectivity index (χ1n) is 11.9. The van der Waals surface area contributed by atoms with E-state index in [1.54, 1.807) is 0 Å². The van der Waals surface area contributed by atoms with E-state index < -0.39 is 0 Å². The van der Waals surface area contributed by atoms with Crippen molar-refractivity contribution in [1.82, 2.24) is 15.4 Å². The van der Waals surface area contributed by atoms with Crippen LogP contribution in [0.3, 0.4) is 0 Å². The number of anilines is 1. The zero-order valence-corrected chi connectivity index (χ0v) is 19.7. The standard InChI is InChI=1S/C27H33N5O/c1-4-9-24-29-18-23-27(32(24)28-3)31-26(25(30-23)21-10-7-6-8-11-21)22-14-12-20(13-15-22)19(5-2)16-17-33/h6-10,12-15,18-19,21,28,33H,4-5,11,16-17H2,1-3H3/b24-9-. The largest absolute Gasteiger partial charge is 0.396 e. The SMILES string of the molecule is CC/C=C1/N=Cc2nc(C3C=CC=CC3)c(-c3ccc(C(CC)CCO)cc3)nc2N1NC. The monoisotopic (exact) mass is 443 g/mol. The Bertz CT molecular complexity index is 1080. The van der Waals surface area contributed by atoms with Gasteiger partial charge in [-0.05, 0) is 43.2 Å². The molecule has 0 fully saturated rings. The van der Waals surface area contributed by atoms with Gasteiger partial charge in [0, 0.05) is 25.1 Å². The molecule has 2 N–H and O–H groups in total. The van der Waals surface area contributed by atoms with Gasteiger partial charge in [-0.1, -0.05) is 62.4 Å². The van der Waals surface area contributed by atoms with Gasteiger partial charge < -0.3 is 5.11 Å². The van der Waals surface area contributed by atoms with Gasteiger partial charge in [0.05, 0.1) is 17.6 Å². The third-order valence-electron chi connectivity index (χ3n) is 6.26. The van der Waals surface area contributed by atoms with E-state index in [1.807, 2.05) is 18.3 Å². The molecule has 2 atom stereocenters. The summed E-state index contributed by atoms with van der Waals surface area (Å²) in [5.41, 5.74) is 8.15. The first-order chi connectivity index (χ1) is 16.2. The number of nitrogens with zero attached hydrogens (tertiary/aromatic N) is 4. The smallest absolute Gasteiger partial charge is 0.177 e. The molecule has 0 saturated heterocycles. The summed E-state index contributed by atoms with van der Waals surface area (Å²) in [6.07, 6.45) is 16.0. The van der Waals surface area contributed by atoms with Crippen LogP contribution in [0.15, 0.2) is 65.5 Å². The van der Waals surface area contributed by atoms with E-state index in [-0.39, 0.29) is 12.5 Å². The molecule has 6 nitrogen and oxygen atoms in total. The number of aromatic nitrogens is 2. The number of allylic oxidation sites excluding steroid dienone is 5. The molecule has 2 aliphatic rings. The van der Waals surface area contributed by atoms with Gasteiger partial charge in [-0.15, -0.1) is 0 Å². The molecular weight excluding hydrogens is 410 g/mol. The number of rotatable bonds is 8. The number of fused-ring (bicyclic) bond motifs is 1. The zero-order chi connectivity index (χ0) is 23.2. The van der Waals surface area contributed by atoms with E-state index >= 15 is 0 Å². The van der Waals surface area contributed by atoms with Gasteiger partial charge >= 0.3 is 0 Å². The van der Waals surface area contributed by atoms with E-state index in [1.165, 1.54) is 5.56 Å². The Labute approximate surface area is 196 Å².